The molecule has 0 spiro atoms. The standard InChI is InChI=1S/C23H21F4N3O3/c1-14-9-10-30-21(29(14)2)12-20(28-22(30)31)32-13-15-3-5-16(6-4-15)33-17-7-8-18(19(24)11-17)23(25,26)27/h3-8,11-12,14H,9-10,13H2,1-2H3/t14-/m0/s1. The Balaban J connectivity index is 1.41. The smallest absolute Gasteiger partial charge is 0.419 e. The van der Waals surface area contributed by atoms with E-state index in [0.29, 0.717) is 30.5 Å². The van der Waals surface area contributed by atoms with E-state index in [-0.39, 0.29) is 23.9 Å². The van der Waals surface area contributed by atoms with E-state index in [1.165, 1.54) is 0 Å². The Morgan fingerprint density at radius 3 is 2.45 bits per heavy atom. The average molecular weight is 463 g/mol. The number of fused-ring (bicyclic) bond motifs is 1. The van der Waals surface area contributed by atoms with Gasteiger partial charge in [-0.3, -0.25) is 4.57 Å². The highest BCUT2D eigenvalue weighted by Gasteiger charge is 2.34. The van der Waals surface area contributed by atoms with Crippen molar-refractivity contribution in [1.82, 2.24) is 9.55 Å². The molecule has 1 atom stereocenters. The highest BCUT2D eigenvalue weighted by atomic mass is 19.4. The monoisotopic (exact) mass is 463 g/mol. The number of ether oxygens (including phenoxy) is 2. The fourth-order valence-electron chi connectivity index (χ4n) is 3.52. The fraction of sp³-hybridized carbons (Fsp3) is 0.304. The van der Waals surface area contributed by atoms with Crippen LogP contribution in [0.15, 0.2) is 53.3 Å². The molecule has 0 N–H and O–H groups in total. The number of alkyl halides is 3. The molecule has 1 aliphatic rings. The Morgan fingerprint density at radius 1 is 1.09 bits per heavy atom. The Bertz CT molecular complexity index is 1210. The maximum atomic E-state index is 13.7. The number of benzene rings is 2. The zero-order valence-corrected chi connectivity index (χ0v) is 17.9. The van der Waals surface area contributed by atoms with Gasteiger partial charge >= 0.3 is 11.9 Å². The SMILES string of the molecule is C[C@H]1CCn2c(cc(OCc3ccc(Oc4ccc(C(F)(F)F)c(F)c4)cc3)nc2=O)N1C. The lowest BCUT2D eigenvalue weighted by molar-refractivity contribution is -0.140. The molecule has 0 amide bonds. The van der Waals surface area contributed by atoms with Crippen molar-refractivity contribution in [2.45, 2.75) is 38.7 Å². The van der Waals surface area contributed by atoms with Crippen molar-refractivity contribution < 1.29 is 27.0 Å². The summed E-state index contributed by atoms with van der Waals surface area (Å²) >= 11 is 0. The van der Waals surface area contributed by atoms with Gasteiger partial charge in [-0.05, 0) is 43.2 Å². The predicted octanol–water partition coefficient (Wildman–Crippen LogP) is 5.00. The molecule has 0 saturated heterocycles. The third kappa shape index (κ3) is 4.94. The van der Waals surface area contributed by atoms with Gasteiger partial charge in [0.1, 0.15) is 29.7 Å². The first-order valence-corrected chi connectivity index (χ1v) is 10.2. The molecule has 0 radical (unpaired) electrons. The number of rotatable bonds is 5. The molecule has 0 bridgehead atoms. The summed E-state index contributed by atoms with van der Waals surface area (Å²) < 4.78 is 64.5. The minimum Gasteiger partial charge on any atom is -0.473 e. The highest BCUT2D eigenvalue weighted by Crippen LogP contribution is 2.34. The van der Waals surface area contributed by atoms with Crippen molar-refractivity contribution in [3.05, 3.63) is 76.0 Å². The number of halogens is 4. The maximum absolute atomic E-state index is 13.7. The van der Waals surface area contributed by atoms with Crippen molar-refractivity contribution in [2.24, 2.45) is 0 Å². The van der Waals surface area contributed by atoms with E-state index in [2.05, 4.69) is 11.9 Å². The molecular formula is C23H21F4N3O3. The fourth-order valence-corrected chi connectivity index (χ4v) is 3.52. The van der Waals surface area contributed by atoms with Crippen molar-refractivity contribution in [3.8, 4) is 17.4 Å². The van der Waals surface area contributed by atoms with Crippen LogP contribution in [0.25, 0.3) is 0 Å². The van der Waals surface area contributed by atoms with Crippen molar-refractivity contribution in [2.75, 3.05) is 11.9 Å². The van der Waals surface area contributed by atoms with Crippen LogP contribution in [0, 0.1) is 5.82 Å². The zero-order chi connectivity index (χ0) is 23.8. The summed E-state index contributed by atoms with van der Waals surface area (Å²) in [5.41, 5.74) is -0.963. The van der Waals surface area contributed by atoms with E-state index >= 15 is 0 Å². The van der Waals surface area contributed by atoms with Crippen LogP contribution >= 0.6 is 0 Å². The summed E-state index contributed by atoms with van der Waals surface area (Å²) in [7, 11) is 1.92. The Labute approximate surface area is 187 Å². The van der Waals surface area contributed by atoms with Crippen molar-refractivity contribution in [3.63, 3.8) is 0 Å². The molecule has 0 fully saturated rings. The minimum absolute atomic E-state index is 0.0541. The van der Waals surface area contributed by atoms with E-state index in [4.69, 9.17) is 9.47 Å². The lowest BCUT2D eigenvalue weighted by atomic mass is 10.1. The van der Waals surface area contributed by atoms with E-state index in [1.807, 2.05) is 11.9 Å². The molecule has 10 heteroatoms. The van der Waals surface area contributed by atoms with Crippen LogP contribution in [0.5, 0.6) is 17.4 Å². The van der Waals surface area contributed by atoms with E-state index in [9.17, 15) is 22.4 Å². The third-order valence-corrected chi connectivity index (χ3v) is 5.55. The molecule has 0 saturated carbocycles. The predicted molar refractivity (Wildman–Crippen MR) is 113 cm³/mol. The largest absolute Gasteiger partial charge is 0.473 e. The lowest BCUT2D eigenvalue weighted by Gasteiger charge is -2.34. The second-order valence-electron chi connectivity index (χ2n) is 7.81. The number of hydrogen-bond donors (Lipinski definition) is 0. The van der Waals surface area contributed by atoms with Crippen LogP contribution in [0.1, 0.15) is 24.5 Å². The van der Waals surface area contributed by atoms with Gasteiger partial charge in [0, 0.05) is 31.8 Å². The van der Waals surface area contributed by atoms with Gasteiger partial charge in [-0.1, -0.05) is 12.1 Å². The van der Waals surface area contributed by atoms with Crippen LogP contribution in [0.2, 0.25) is 0 Å². The highest BCUT2D eigenvalue weighted by molar-refractivity contribution is 5.44. The van der Waals surface area contributed by atoms with Crippen LogP contribution < -0.4 is 20.1 Å². The first-order valence-electron chi connectivity index (χ1n) is 10.2. The summed E-state index contributed by atoms with van der Waals surface area (Å²) in [4.78, 5) is 18.3. The molecule has 3 aromatic rings. The van der Waals surface area contributed by atoms with E-state index in [1.54, 1.807) is 34.9 Å². The molecular weight excluding hydrogens is 442 g/mol. The van der Waals surface area contributed by atoms with Gasteiger partial charge in [-0.2, -0.15) is 18.2 Å². The Kier molecular flexibility index (Phi) is 6.01. The third-order valence-electron chi connectivity index (χ3n) is 5.55. The summed E-state index contributed by atoms with van der Waals surface area (Å²) in [6.07, 6.45) is -3.91. The maximum Gasteiger partial charge on any atom is 0.419 e. The van der Waals surface area contributed by atoms with Gasteiger partial charge in [0.15, 0.2) is 0 Å². The van der Waals surface area contributed by atoms with Gasteiger partial charge in [0.2, 0.25) is 5.88 Å². The second-order valence-corrected chi connectivity index (χ2v) is 7.81. The number of hydrogen-bond acceptors (Lipinski definition) is 5. The van der Waals surface area contributed by atoms with Gasteiger partial charge in [-0.25, -0.2) is 9.18 Å². The number of anilines is 1. The van der Waals surface area contributed by atoms with Crippen LogP contribution in [0.4, 0.5) is 23.4 Å². The van der Waals surface area contributed by atoms with Gasteiger partial charge in [-0.15, -0.1) is 0 Å². The minimum atomic E-state index is -4.77. The summed E-state index contributed by atoms with van der Waals surface area (Å²) in [6, 6.07) is 11.0. The molecule has 2 aromatic carbocycles. The molecule has 1 aromatic heterocycles. The molecule has 1 aliphatic heterocycles. The van der Waals surface area contributed by atoms with Gasteiger partial charge in [0.25, 0.3) is 0 Å². The van der Waals surface area contributed by atoms with Gasteiger partial charge < -0.3 is 14.4 Å². The summed E-state index contributed by atoms with van der Waals surface area (Å²) in [5.74, 6) is -0.178. The lowest BCUT2D eigenvalue weighted by Crippen LogP contribution is -2.41. The van der Waals surface area contributed by atoms with Crippen LogP contribution in [0.3, 0.4) is 0 Å². The number of aromatic nitrogens is 2. The summed E-state index contributed by atoms with van der Waals surface area (Å²) in [6.45, 7) is 2.83. The van der Waals surface area contributed by atoms with Crippen LogP contribution in [-0.2, 0) is 19.3 Å². The summed E-state index contributed by atoms with van der Waals surface area (Å²) in [5, 5.41) is 0. The second kappa shape index (κ2) is 8.76. The molecule has 4 rings (SSSR count). The first kappa shape index (κ1) is 22.6. The zero-order valence-electron chi connectivity index (χ0n) is 17.9. The molecule has 33 heavy (non-hydrogen) atoms. The average Bonchev–Trinajstić information content (AvgIpc) is 2.75. The normalized spacial score (nSPS) is 15.8. The van der Waals surface area contributed by atoms with Crippen molar-refractivity contribution in [1.29, 1.82) is 0 Å². The van der Waals surface area contributed by atoms with E-state index < -0.39 is 17.6 Å². The quantitative estimate of drug-likeness (QED) is 0.499. The Hall–Kier alpha value is -3.56. The molecule has 0 unspecified atom stereocenters. The van der Waals surface area contributed by atoms with Crippen LogP contribution in [-0.4, -0.2) is 22.6 Å². The molecule has 6 nitrogen and oxygen atoms in total. The molecule has 0 aliphatic carbocycles. The number of nitrogens with zero attached hydrogens (tertiary/aromatic N) is 3. The Morgan fingerprint density at radius 2 is 1.79 bits per heavy atom. The van der Waals surface area contributed by atoms with E-state index in [0.717, 1.165) is 23.9 Å². The molecule has 174 valence electrons. The molecule has 2 heterocycles. The first-order chi connectivity index (χ1) is 15.6. The van der Waals surface area contributed by atoms with Crippen molar-refractivity contribution >= 4 is 5.82 Å². The topological polar surface area (TPSA) is 56.6 Å². The van der Waals surface area contributed by atoms with Gasteiger partial charge in [0.05, 0.1) is 5.56 Å².